The summed E-state index contributed by atoms with van der Waals surface area (Å²) in [5, 5.41) is 11.9. The molecule has 5 nitrogen and oxygen atoms in total. The molecule has 0 spiro atoms. The molecule has 1 amide bonds. The lowest BCUT2D eigenvalue weighted by Crippen LogP contribution is -2.40. The number of nitrogens with zero attached hydrogens (tertiary/aromatic N) is 1. The second-order valence-electron chi connectivity index (χ2n) is 4.39. The first-order valence-electron chi connectivity index (χ1n) is 6.00. The van der Waals surface area contributed by atoms with Crippen molar-refractivity contribution in [3.8, 4) is 0 Å². The van der Waals surface area contributed by atoms with Gasteiger partial charge in [-0.05, 0) is 26.1 Å². The van der Waals surface area contributed by atoms with Gasteiger partial charge in [-0.25, -0.2) is 0 Å². The molecular weight excluding hydrogens is 303 g/mol. The highest BCUT2D eigenvalue weighted by molar-refractivity contribution is 6.44. The number of benzene rings is 1. The fourth-order valence-electron chi connectivity index (χ4n) is 1.50. The molecule has 0 fully saturated rings. The van der Waals surface area contributed by atoms with E-state index >= 15 is 0 Å². The van der Waals surface area contributed by atoms with Gasteiger partial charge in [-0.15, -0.1) is 0 Å². The Morgan fingerprint density at radius 3 is 2.65 bits per heavy atom. The van der Waals surface area contributed by atoms with Gasteiger partial charge in [0.2, 0.25) is 5.91 Å². The van der Waals surface area contributed by atoms with Crippen molar-refractivity contribution in [2.24, 2.45) is 0 Å². The van der Waals surface area contributed by atoms with Crippen molar-refractivity contribution < 1.29 is 14.7 Å². The largest absolute Gasteiger partial charge is 0.481 e. The highest BCUT2D eigenvalue weighted by Gasteiger charge is 2.19. The molecule has 0 saturated carbocycles. The van der Waals surface area contributed by atoms with Crippen LogP contribution in [0.25, 0.3) is 0 Å². The molecule has 1 aromatic carbocycles. The number of hydrogen-bond donors (Lipinski definition) is 2. The summed E-state index contributed by atoms with van der Waals surface area (Å²) < 4.78 is 0. The van der Waals surface area contributed by atoms with Crippen LogP contribution >= 0.6 is 23.2 Å². The number of halogens is 2. The quantitative estimate of drug-likeness (QED) is 0.846. The van der Waals surface area contributed by atoms with Gasteiger partial charge >= 0.3 is 5.97 Å². The molecule has 0 radical (unpaired) electrons. The van der Waals surface area contributed by atoms with Gasteiger partial charge in [0.15, 0.2) is 0 Å². The monoisotopic (exact) mass is 318 g/mol. The van der Waals surface area contributed by atoms with Crippen LogP contribution in [0.4, 0.5) is 5.69 Å². The summed E-state index contributed by atoms with van der Waals surface area (Å²) in [6.45, 7) is 1.98. The third-order valence-corrected chi connectivity index (χ3v) is 3.75. The number of anilines is 1. The van der Waals surface area contributed by atoms with Crippen LogP contribution in [0.2, 0.25) is 10.0 Å². The molecular formula is C13H16Cl2N2O3. The Labute approximate surface area is 127 Å². The molecule has 0 saturated heterocycles. The molecule has 0 aliphatic heterocycles. The maximum Gasteiger partial charge on any atom is 0.304 e. The van der Waals surface area contributed by atoms with Crippen LogP contribution in [0, 0.1) is 0 Å². The standard InChI is InChI=1S/C13H16Cl2N2O3/c1-8(17(2)7-6-11(18)19)13(20)16-10-5-3-4-9(14)12(10)15/h3-5,8H,6-7H2,1-2H3,(H,16,20)(H,18,19). The van der Waals surface area contributed by atoms with Crippen LogP contribution in [0.3, 0.4) is 0 Å². The van der Waals surface area contributed by atoms with E-state index in [9.17, 15) is 9.59 Å². The van der Waals surface area contributed by atoms with Gasteiger partial charge in [-0.1, -0.05) is 29.3 Å². The first-order chi connectivity index (χ1) is 9.32. The van der Waals surface area contributed by atoms with E-state index in [4.69, 9.17) is 28.3 Å². The summed E-state index contributed by atoms with van der Waals surface area (Å²) in [6, 6.07) is 4.48. The van der Waals surface area contributed by atoms with Crippen molar-refractivity contribution in [1.82, 2.24) is 4.90 Å². The molecule has 1 aromatic rings. The minimum absolute atomic E-state index is 0.0218. The number of carbonyl (C=O) groups excluding carboxylic acids is 1. The first-order valence-corrected chi connectivity index (χ1v) is 6.75. The Kier molecular flexibility index (Phi) is 6.26. The van der Waals surface area contributed by atoms with Crippen LogP contribution < -0.4 is 5.32 Å². The first kappa shape index (κ1) is 16.8. The Bertz CT molecular complexity index is 508. The fraction of sp³-hybridized carbons (Fsp3) is 0.385. The molecule has 0 aliphatic carbocycles. The highest BCUT2D eigenvalue weighted by Crippen LogP contribution is 2.29. The molecule has 0 aliphatic rings. The molecule has 0 bridgehead atoms. The van der Waals surface area contributed by atoms with Gasteiger partial charge in [-0.2, -0.15) is 0 Å². The van der Waals surface area contributed by atoms with E-state index in [-0.39, 0.29) is 23.9 Å². The normalized spacial score (nSPS) is 12.2. The van der Waals surface area contributed by atoms with Crippen molar-refractivity contribution in [3.05, 3.63) is 28.2 Å². The molecule has 1 atom stereocenters. The van der Waals surface area contributed by atoms with E-state index in [1.54, 1.807) is 37.1 Å². The van der Waals surface area contributed by atoms with Crippen molar-refractivity contribution >= 4 is 40.8 Å². The number of hydrogen-bond acceptors (Lipinski definition) is 3. The topological polar surface area (TPSA) is 69.6 Å². The second kappa shape index (κ2) is 7.47. The number of amides is 1. The van der Waals surface area contributed by atoms with Gasteiger partial charge in [-0.3, -0.25) is 14.5 Å². The Morgan fingerprint density at radius 2 is 2.05 bits per heavy atom. The smallest absolute Gasteiger partial charge is 0.304 e. The minimum Gasteiger partial charge on any atom is -0.481 e. The fourth-order valence-corrected chi connectivity index (χ4v) is 1.85. The van der Waals surface area contributed by atoms with E-state index in [1.165, 1.54) is 0 Å². The summed E-state index contributed by atoms with van der Waals surface area (Å²) in [7, 11) is 1.69. The highest BCUT2D eigenvalue weighted by atomic mass is 35.5. The summed E-state index contributed by atoms with van der Waals surface area (Å²) >= 11 is 11.9. The molecule has 20 heavy (non-hydrogen) atoms. The zero-order chi connectivity index (χ0) is 15.3. The van der Waals surface area contributed by atoms with Gasteiger partial charge in [0, 0.05) is 6.54 Å². The Hall–Kier alpha value is -1.30. The maximum atomic E-state index is 12.1. The number of likely N-dealkylation sites (N-methyl/N-ethyl adjacent to an activating group) is 1. The number of carboxylic acid groups (broad SMARTS) is 1. The predicted molar refractivity (Wildman–Crippen MR) is 79.4 cm³/mol. The summed E-state index contributed by atoms with van der Waals surface area (Å²) in [5.41, 5.74) is 0.433. The van der Waals surface area contributed by atoms with Crippen molar-refractivity contribution in [3.63, 3.8) is 0 Å². The van der Waals surface area contributed by atoms with Gasteiger partial charge in [0.05, 0.1) is 28.2 Å². The third-order valence-electron chi connectivity index (χ3n) is 2.93. The number of nitrogens with one attached hydrogen (secondary N) is 1. The van der Waals surface area contributed by atoms with Gasteiger partial charge < -0.3 is 10.4 Å². The second-order valence-corrected chi connectivity index (χ2v) is 5.18. The van der Waals surface area contributed by atoms with E-state index < -0.39 is 12.0 Å². The summed E-state index contributed by atoms with van der Waals surface area (Å²) in [4.78, 5) is 24.2. The zero-order valence-corrected chi connectivity index (χ0v) is 12.7. The number of rotatable bonds is 6. The average Bonchev–Trinajstić information content (AvgIpc) is 2.40. The number of carbonyl (C=O) groups is 2. The van der Waals surface area contributed by atoms with Crippen LogP contribution in [0.1, 0.15) is 13.3 Å². The Morgan fingerprint density at radius 1 is 1.40 bits per heavy atom. The SMILES string of the molecule is CC(C(=O)Nc1cccc(Cl)c1Cl)N(C)CCC(=O)O. The summed E-state index contributed by atoms with van der Waals surface area (Å²) in [6.07, 6.45) is -0.0218. The lowest BCUT2D eigenvalue weighted by molar-refractivity contribution is -0.137. The molecule has 1 rings (SSSR count). The van der Waals surface area contributed by atoms with Gasteiger partial charge in [0.1, 0.15) is 0 Å². The van der Waals surface area contributed by atoms with Crippen molar-refractivity contribution in [2.45, 2.75) is 19.4 Å². The van der Waals surface area contributed by atoms with Gasteiger partial charge in [0.25, 0.3) is 0 Å². The van der Waals surface area contributed by atoms with Crippen LogP contribution in [-0.4, -0.2) is 41.5 Å². The van der Waals surface area contributed by atoms with Crippen molar-refractivity contribution in [2.75, 3.05) is 18.9 Å². The molecule has 7 heteroatoms. The molecule has 0 heterocycles. The number of carboxylic acids is 1. The zero-order valence-electron chi connectivity index (χ0n) is 11.2. The van der Waals surface area contributed by atoms with E-state index in [1.807, 2.05) is 0 Å². The van der Waals surface area contributed by atoms with Crippen molar-refractivity contribution in [1.29, 1.82) is 0 Å². The van der Waals surface area contributed by atoms with E-state index in [0.29, 0.717) is 10.7 Å². The lowest BCUT2D eigenvalue weighted by Gasteiger charge is -2.23. The molecule has 0 aromatic heterocycles. The van der Waals surface area contributed by atoms with E-state index in [0.717, 1.165) is 0 Å². The predicted octanol–water partition coefficient (Wildman–Crippen LogP) is 2.73. The number of aliphatic carboxylic acids is 1. The summed E-state index contributed by atoms with van der Waals surface area (Å²) in [5.74, 6) is -1.18. The lowest BCUT2D eigenvalue weighted by atomic mass is 10.2. The average molecular weight is 319 g/mol. The Balaban J connectivity index is 2.65. The third kappa shape index (κ3) is 4.67. The molecule has 2 N–H and O–H groups in total. The van der Waals surface area contributed by atoms with E-state index in [2.05, 4.69) is 5.32 Å². The molecule has 1 unspecified atom stereocenters. The minimum atomic E-state index is -0.901. The molecule has 110 valence electrons. The maximum absolute atomic E-state index is 12.1. The van der Waals surface area contributed by atoms with Crippen LogP contribution in [0.5, 0.6) is 0 Å². The van der Waals surface area contributed by atoms with Crippen LogP contribution in [0.15, 0.2) is 18.2 Å². The van der Waals surface area contributed by atoms with Crippen LogP contribution in [-0.2, 0) is 9.59 Å².